The highest BCUT2D eigenvalue weighted by atomic mass is 16.6. The molecule has 0 saturated carbocycles. The van der Waals surface area contributed by atoms with Gasteiger partial charge >= 0.3 is 11.9 Å². The summed E-state index contributed by atoms with van der Waals surface area (Å²) in [5.41, 5.74) is 1.32. The summed E-state index contributed by atoms with van der Waals surface area (Å²) in [7, 11) is 4.37. The quantitative estimate of drug-likeness (QED) is 0.331. The molecule has 10 heteroatoms. The Balaban J connectivity index is 2.44. The van der Waals surface area contributed by atoms with Crippen molar-refractivity contribution in [1.82, 2.24) is 4.90 Å². The van der Waals surface area contributed by atoms with Gasteiger partial charge in [-0.1, -0.05) is 0 Å². The Kier molecular flexibility index (Phi) is 6.94. The molecule has 0 amide bonds. The number of carbonyl (C=O) groups excluding carboxylic acids is 2. The van der Waals surface area contributed by atoms with Crippen molar-refractivity contribution >= 4 is 29.0 Å². The van der Waals surface area contributed by atoms with Gasteiger partial charge in [-0.15, -0.1) is 0 Å². The fourth-order valence-corrected chi connectivity index (χ4v) is 2.84. The minimum Gasteiger partial charge on any atom is -0.466 e. The molecule has 1 aliphatic heterocycles. The number of benzene rings is 1. The van der Waals surface area contributed by atoms with Crippen LogP contribution in [0, 0.1) is 17.0 Å². The predicted molar refractivity (Wildman–Crippen MR) is 103 cm³/mol. The number of carbonyl (C=O) groups is 2. The largest absolute Gasteiger partial charge is 0.466 e. The number of nitro benzene ring substituents is 1. The SMILES string of the molecule is COC(=O)/C=C(/Nc1cc(N2CCN(C)CC2)c([N+](=O)[O-])cc1C)C(=O)OC. The van der Waals surface area contributed by atoms with E-state index in [2.05, 4.69) is 19.7 Å². The molecular formula is C18H24N4O6. The number of nitro groups is 1. The van der Waals surface area contributed by atoms with Crippen LogP contribution in [0.1, 0.15) is 5.56 Å². The average Bonchev–Trinajstić information content (AvgIpc) is 2.68. The minimum atomic E-state index is -0.760. The highest BCUT2D eigenvalue weighted by Crippen LogP contribution is 2.35. The third kappa shape index (κ3) is 4.97. The monoisotopic (exact) mass is 392 g/mol. The van der Waals surface area contributed by atoms with Gasteiger partial charge in [0.1, 0.15) is 11.4 Å². The van der Waals surface area contributed by atoms with E-state index in [1.165, 1.54) is 20.3 Å². The summed E-state index contributed by atoms with van der Waals surface area (Å²) in [4.78, 5) is 38.8. The minimum absolute atomic E-state index is 0.0100. The van der Waals surface area contributed by atoms with Crippen LogP contribution in [0.4, 0.5) is 17.1 Å². The van der Waals surface area contributed by atoms with Crippen LogP contribution in [0.15, 0.2) is 23.9 Å². The van der Waals surface area contributed by atoms with E-state index in [0.717, 1.165) is 19.2 Å². The molecule has 28 heavy (non-hydrogen) atoms. The van der Waals surface area contributed by atoms with Crippen LogP contribution >= 0.6 is 0 Å². The zero-order valence-corrected chi connectivity index (χ0v) is 16.4. The highest BCUT2D eigenvalue weighted by molar-refractivity contribution is 5.99. The molecule has 0 bridgehead atoms. The molecule has 1 aromatic carbocycles. The third-order valence-corrected chi connectivity index (χ3v) is 4.50. The van der Waals surface area contributed by atoms with Crippen molar-refractivity contribution in [3.05, 3.63) is 39.6 Å². The lowest BCUT2D eigenvalue weighted by Crippen LogP contribution is -2.44. The number of nitrogens with one attached hydrogen (secondary N) is 1. The van der Waals surface area contributed by atoms with Gasteiger partial charge in [0.05, 0.1) is 25.2 Å². The Morgan fingerprint density at radius 3 is 2.36 bits per heavy atom. The van der Waals surface area contributed by atoms with Gasteiger partial charge in [0.15, 0.2) is 0 Å². The summed E-state index contributed by atoms with van der Waals surface area (Å²) >= 11 is 0. The summed E-state index contributed by atoms with van der Waals surface area (Å²) in [5.74, 6) is -1.49. The van der Waals surface area contributed by atoms with Gasteiger partial charge in [0, 0.05) is 37.9 Å². The van der Waals surface area contributed by atoms with Crippen molar-refractivity contribution in [2.75, 3.05) is 57.7 Å². The van der Waals surface area contributed by atoms with Crippen molar-refractivity contribution in [3.63, 3.8) is 0 Å². The van der Waals surface area contributed by atoms with Crippen molar-refractivity contribution in [2.24, 2.45) is 0 Å². The fourth-order valence-electron chi connectivity index (χ4n) is 2.84. The Morgan fingerprint density at radius 2 is 1.82 bits per heavy atom. The summed E-state index contributed by atoms with van der Waals surface area (Å²) in [6, 6.07) is 3.07. The van der Waals surface area contributed by atoms with E-state index >= 15 is 0 Å². The van der Waals surface area contributed by atoms with Crippen molar-refractivity contribution < 1.29 is 24.0 Å². The van der Waals surface area contributed by atoms with Crippen molar-refractivity contribution in [2.45, 2.75) is 6.92 Å². The number of esters is 2. The summed E-state index contributed by atoms with van der Waals surface area (Å²) in [5, 5.41) is 14.4. The third-order valence-electron chi connectivity index (χ3n) is 4.50. The van der Waals surface area contributed by atoms with Crippen molar-refractivity contribution in [1.29, 1.82) is 0 Å². The molecule has 1 heterocycles. The molecule has 10 nitrogen and oxygen atoms in total. The molecule has 1 aliphatic rings. The molecular weight excluding hydrogens is 368 g/mol. The molecule has 0 aliphatic carbocycles. The lowest BCUT2D eigenvalue weighted by molar-refractivity contribution is -0.384. The first-order valence-electron chi connectivity index (χ1n) is 8.64. The number of aryl methyl sites for hydroxylation is 1. The van der Waals surface area contributed by atoms with E-state index in [0.29, 0.717) is 30.0 Å². The molecule has 0 unspecified atom stereocenters. The van der Waals surface area contributed by atoms with Gasteiger partial charge in [0.25, 0.3) is 5.69 Å². The summed E-state index contributed by atoms with van der Waals surface area (Å²) < 4.78 is 9.25. The highest BCUT2D eigenvalue weighted by Gasteiger charge is 2.25. The first-order chi connectivity index (χ1) is 13.3. The predicted octanol–water partition coefficient (Wildman–Crippen LogP) is 1.30. The molecule has 1 N–H and O–H groups in total. The fraction of sp³-hybridized carbons (Fsp3) is 0.444. The van der Waals surface area contributed by atoms with E-state index in [1.807, 2.05) is 11.9 Å². The number of likely N-dealkylation sites (N-methyl/N-ethyl adjacent to an activating group) is 1. The van der Waals surface area contributed by atoms with Crippen LogP contribution in [0.5, 0.6) is 0 Å². The Hall–Kier alpha value is -3.14. The molecule has 2 rings (SSSR count). The van der Waals surface area contributed by atoms with E-state index in [4.69, 9.17) is 0 Å². The maximum absolute atomic E-state index is 12.0. The zero-order valence-electron chi connectivity index (χ0n) is 16.4. The average molecular weight is 392 g/mol. The van der Waals surface area contributed by atoms with Crippen LogP contribution in [0.25, 0.3) is 0 Å². The van der Waals surface area contributed by atoms with E-state index in [9.17, 15) is 19.7 Å². The standard InChI is InChI=1S/C18H24N4O6/c1-12-9-16(22(25)26)15(21-7-5-20(2)6-8-21)10-13(12)19-14(18(24)28-4)11-17(23)27-3/h9-11,19H,5-8H2,1-4H3/b14-11+. The topological polar surface area (TPSA) is 114 Å². The number of ether oxygens (including phenoxy) is 2. The molecule has 0 aromatic heterocycles. The van der Waals surface area contributed by atoms with Gasteiger partial charge in [0.2, 0.25) is 0 Å². The molecule has 1 fully saturated rings. The normalized spacial score (nSPS) is 15.1. The van der Waals surface area contributed by atoms with Gasteiger partial charge in [-0.05, 0) is 25.6 Å². The Morgan fingerprint density at radius 1 is 1.18 bits per heavy atom. The molecule has 0 radical (unpaired) electrons. The van der Waals surface area contributed by atoms with Crippen LogP contribution in [-0.2, 0) is 19.1 Å². The number of piperazine rings is 1. The number of hydrogen-bond acceptors (Lipinski definition) is 9. The number of nitrogens with zero attached hydrogens (tertiary/aromatic N) is 3. The number of hydrogen-bond donors (Lipinski definition) is 1. The lowest BCUT2D eigenvalue weighted by atomic mass is 10.1. The first-order valence-corrected chi connectivity index (χ1v) is 8.64. The number of anilines is 2. The van der Waals surface area contributed by atoms with Crippen LogP contribution in [0.2, 0.25) is 0 Å². The molecule has 0 spiro atoms. The van der Waals surface area contributed by atoms with Gasteiger partial charge in [-0.25, -0.2) is 9.59 Å². The van der Waals surface area contributed by atoms with Crippen LogP contribution in [-0.4, -0.2) is 69.2 Å². The van der Waals surface area contributed by atoms with Crippen LogP contribution in [0.3, 0.4) is 0 Å². The Bertz CT molecular complexity index is 800. The molecule has 152 valence electrons. The number of methoxy groups -OCH3 is 2. The maximum Gasteiger partial charge on any atom is 0.354 e. The summed E-state index contributed by atoms with van der Waals surface area (Å²) in [6.07, 6.45) is 0.974. The second-order valence-electron chi connectivity index (χ2n) is 6.40. The van der Waals surface area contributed by atoms with E-state index in [1.54, 1.807) is 13.0 Å². The molecule has 1 saturated heterocycles. The second kappa shape index (κ2) is 9.18. The molecule has 0 atom stereocenters. The first kappa shape index (κ1) is 21.2. The Labute approximate surface area is 162 Å². The second-order valence-corrected chi connectivity index (χ2v) is 6.40. The summed E-state index contributed by atoms with van der Waals surface area (Å²) in [6.45, 7) is 4.52. The van der Waals surface area contributed by atoms with Gasteiger partial charge < -0.3 is 24.6 Å². The van der Waals surface area contributed by atoms with Gasteiger partial charge in [-0.3, -0.25) is 10.1 Å². The zero-order chi connectivity index (χ0) is 20.8. The smallest absolute Gasteiger partial charge is 0.354 e. The van der Waals surface area contributed by atoms with E-state index in [-0.39, 0.29) is 11.4 Å². The number of rotatable bonds is 6. The van der Waals surface area contributed by atoms with E-state index < -0.39 is 16.9 Å². The lowest BCUT2D eigenvalue weighted by Gasteiger charge is -2.34. The van der Waals surface area contributed by atoms with Crippen molar-refractivity contribution in [3.8, 4) is 0 Å². The van der Waals surface area contributed by atoms with Gasteiger partial charge in [-0.2, -0.15) is 0 Å². The molecule has 1 aromatic rings. The maximum atomic E-state index is 12.0. The van der Waals surface area contributed by atoms with Crippen LogP contribution < -0.4 is 10.2 Å².